The molecule has 0 N–H and O–H groups in total. The first-order valence-electron chi connectivity index (χ1n) is 6.80. The predicted octanol–water partition coefficient (Wildman–Crippen LogP) is 12.6. The molecule has 0 aromatic heterocycles. The lowest BCUT2D eigenvalue weighted by atomic mass is 10.2. The molecule has 0 radical (unpaired) electrons. The maximum Gasteiger partial charge on any atom is 0.218 e. The van der Waals surface area contributed by atoms with Crippen LogP contribution in [0, 0.1) is 0 Å². The van der Waals surface area contributed by atoms with Crippen LogP contribution in [0.2, 0.25) is 0 Å². The zero-order valence-electron chi connectivity index (χ0n) is 15.3. The molecule has 0 aromatic rings. The standard InChI is InChI=1S/C4H31OP22S/c1-4(2,3(5)19(20(7)8)25(17)21(9)10)28(26(18-6)22(11)12)27(23(13)14)24(15)16/h18H,6-17H2,1-2H3/q+1. The van der Waals surface area contributed by atoms with E-state index in [1.807, 2.05) is 0 Å². The van der Waals surface area contributed by atoms with E-state index in [9.17, 15) is 4.79 Å². The van der Waals surface area contributed by atoms with E-state index in [0.717, 1.165) is 7.96 Å². The van der Waals surface area contributed by atoms with Gasteiger partial charge < -0.3 is 0 Å². The summed E-state index contributed by atoms with van der Waals surface area (Å²) in [4.78, 5) is 14.2. The Balaban J connectivity index is 6.45. The predicted molar refractivity (Wildman–Crippen MR) is 214 cm³/mol. The Kier molecular flexibility index (Phi) is 25.1. The summed E-state index contributed by atoms with van der Waals surface area (Å²) in [6, 6.07) is 0. The second-order valence-electron chi connectivity index (χ2n) is 5.24. The highest BCUT2D eigenvalue weighted by atomic mass is 33.5. The van der Waals surface area contributed by atoms with Crippen LogP contribution in [0.25, 0.3) is 0 Å². The lowest BCUT2D eigenvalue weighted by molar-refractivity contribution is -0.112. The third-order valence-electron chi connectivity index (χ3n) is 2.84. The van der Waals surface area contributed by atoms with E-state index in [0.29, 0.717) is 5.52 Å². The van der Waals surface area contributed by atoms with Crippen molar-refractivity contribution in [1.82, 2.24) is 0 Å². The van der Waals surface area contributed by atoms with Crippen LogP contribution in [0.4, 0.5) is 0 Å². The maximum absolute atomic E-state index is 14.2. The van der Waals surface area contributed by atoms with Crippen LogP contribution < -0.4 is 0 Å². The van der Waals surface area contributed by atoms with E-state index in [1.165, 1.54) is 0 Å². The van der Waals surface area contributed by atoms with Crippen LogP contribution in [-0.2, 0) is 14.9 Å². The monoisotopic (exact) mass is 809 g/mol. The van der Waals surface area contributed by atoms with Gasteiger partial charge in [-0.05, 0) is 42.8 Å². The minimum atomic E-state index is -0.643. The first-order chi connectivity index (χ1) is 12.6. The van der Waals surface area contributed by atoms with E-state index in [-0.39, 0.29) is 62.8 Å². The zero-order chi connectivity index (χ0) is 22.6. The van der Waals surface area contributed by atoms with Crippen LogP contribution in [-0.4, -0.2) is 10.3 Å². The highest BCUT2D eigenvalue weighted by molar-refractivity contribution is 9.30. The lowest BCUT2D eigenvalue weighted by Gasteiger charge is -2.40. The van der Waals surface area contributed by atoms with Gasteiger partial charge >= 0.3 is 0 Å². The molecule has 0 aliphatic carbocycles. The van der Waals surface area contributed by atoms with Crippen molar-refractivity contribution in [3.8, 4) is 0 Å². The second-order valence-corrected chi connectivity index (χ2v) is 88.9. The number of carbonyl (C=O) groups excluding carboxylic acids is 1. The third kappa shape index (κ3) is 11.9. The molecule has 0 bridgehead atoms. The van der Waals surface area contributed by atoms with Gasteiger partial charge in [0.25, 0.3) is 0 Å². The van der Waals surface area contributed by atoms with Gasteiger partial charge in [-0.15, -0.1) is 53.6 Å². The van der Waals surface area contributed by atoms with Crippen molar-refractivity contribution in [1.29, 1.82) is 0 Å². The molecule has 0 heterocycles. The quantitative estimate of drug-likeness (QED) is 0.142. The van der Waals surface area contributed by atoms with Gasteiger partial charge in [0.1, 0.15) is 0 Å². The van der Waals surface area contributed by atoms with Crippen LogP contribution in [0.3, 0.4) is 0 Å². The Morgan fingerprint density at radius 1 is 0.750 bits per heavy atom. The molecule has 17 unspecified atom stereocenters. The molecule has 1 nitrogen and oxygen atoms in total. The normalized spacial score (nSPS) is 18.3. The molecule has 24 heteroatoms. The van der Waals surface area contributed by atoms with Crippen molar-refractivity contribution < 1.29 is 4.79 Å². The Morgan fingerprint density at radius 2 is 1.18 bits per heavy atom. The smallest absolute Gasteiger partial charge is 0.218 e. The SMILES string of the molecule is CC(C)(C(=O)P(P(P)P)P(P)P(P)P)[S+](P(PP)P(P)P)P(P(P)P)P(P)P. The number of hydrogen-bond acceptors (Lipinski definition) is 1. The highest BCUT2D eigenvalue weighted by Crippen LogP contribution is 3.10. The molecule has 0 aliphatic rings. The second kappa shape index (κ2) is 18.8. The molecule has 168 valence electrons. The number of hydrogen-bond donors (Lipinski definition) is 0. The number of carbonyl (C=O) groups is 1. The van der Waals surface area contributed by atoms with Gasteiger partial charge in [0.05, 0.1) is 10.1 Å². The third-order valence-corrected chi connectivity index (χ3v) is 123. The van der Waals surface area contributed by atoms with Crippen LogP contribution in [0.15, 0.2) is 0 Å². The summed E-state index contributed by atoms with van der Waals surface area (Å²) in [7, 11) is 37.1. The molecule has 0 aromatic carbocycles. The van der Waals surface area contributed by atoms with Crippen LogP contribution >= 0.6 is 177 Å². The molecule has 0 saturated carbocycles. The van der Waals surface area contributed by atoms with Gasteiger partial charge in [-0.2, -0.15) is 0 Å². The summed E-state index contributed by atoms with van der Waals surface area (Å²) in [5, 5.41) is 0. The Bertz CT molecular complexity index is 469. The average molecular weight is 809 g/mol. The minimum Gasteiger partial charge on any atom is -0.288 e. The lowest BCUT2D eigenvalue weighted by Crippen LogP contribution is -2.35. The summed E-state index contributed by atoms with van der Waals surface area (Å²) < 4.78 is -0.243. The highest BCUT2D eigenvalue weighted by Gasteiger charge is 2.60. The first kappa shape index (κ1) is 37.5. The molecule has 0 fully saturated rings. The minimum absolute atomic E-state index is 0.138. The summed E-state index contributed by atoms with van der Waals surface area (Å²) >= 11 is 0. The summed E-state index contributed by atoms with van der Waals surface area (Å²) in [6.45, 7) is 2.58. The summed E-state index contributed by atoms with van der Waals surface area (Å²) in [6.07, 6.45) is 0. The molecule has 0 spiro atoms. The van der Waals surface area contributed by atoms with Crippen molar-refractivity contribution in [2.45, 2.75) is 18.6 Å². The zero-order valence-corrected chi connectivity index (χ0v) is 39.0. The van der Waals surface area contributed by atoms with E-state index in [4.69, 9.17) is 0 Å². The molecular formula is C4H31OP22S+. The van der Waals surface area contributed by atoms with Gasteiger partial charge in [-0.25, -0.2) is 0 Å². The molecule has 0 saturated heterocycles. The maximum atomic E-state index is 14.2. The Labute approximate surface area is 214 Å². The summed E-state index contributed by atoms with van der Waals surface area (Å²) in [5.74, 6) is 0. The molecular weight excluding hydrogens is 778 g/mol. The van der Waals surface area contributed by atoms with E-state index in [1.54, 1.807) is 0 Å². The number of rotatable bonds is 12. The van der Waals surface area contributed by atoms with Gasteiger partial charge in [-0.1, -0.05) is 53.6 Å². The van der Waals surface area contributed by atoms with Crippen molar-refractivity contribution in [2.75, 3.05) is 0 Å². The fraction of sp³-hybridized carbons (Fsp3) is 0.750. The van der Waals surface area contributed by atoms with Gasteiger partial charge in [0, 0.05) is 28.3 Å². The van der Waals surface area contributed by atoms with Crippen molar-refractivity contribution in [3.63, 3.8) is 0 Å². The molecule has 17 atom stereocenters. The first-order valence-corrected chi connectivity index (χ1v) is 47.0. The Morgan fingerprint density at radius 3 is 1.43 bits per heavy atom. The Hall–Kier alpha value is 9.48. The molecule has 0 rings (SSSR count). The van der Waals surface area contributed by atoms with Crippen molar-refractivity contribution >= 4 is 193 Å². The van der Waals surface area contributed by atoms with Crippen LogP contribution in [0.5, 0.6) is 0 Å². The average Bonchev–Trinajstić information content (AvgIpc) is 2.52. The molecule has 0 aliphatic heterocycles. The topological polar surface area (TPSA) is 17.1 Å². The summed E-state index contributed by atoms with van der Waals surface area (Å²) in [5.41, 5.74) is 0.578. The fourth-order valence-corrected chi connectivity index (χ4v) is 174. The molecule has 0 amide bonds. The van der Waals surface area contributed by atoms with E-state index >= 15 is 0 Å². The fourth-order valence-electron chi connectivity index (χ4n) is 1.71. The van der Waals surface area contributed by atoms with Crippen molar-refractivity contribution in [2.24, 2.45) is 0 Å². The van der Waals surface area contributed by atoms with E-state index in [2.05, 4.69) is 121 Å². The largest absolute Gasteiger partial charge is 0.288 e. The van der Waals surface area contributed by atoms with E-state index < -0.39 is 14.3 Å². The van der Waals surface area contributed by atoms with Gasteiger partial charge in [0.15, 0.2) is 17.7 Å². The van der Waals surface area contributed by atoms with Gasteiger partial charge in [-0.3, -0.25) is 4.79 Å². The molecule has 28 heavy (non-hydrogen) atoms. The van der Waals surface area contributed by atoms with Crippen LogP contribution in [0.1, 0.15) is 13.8 Å². The van der Waals surface area contributed by atoms with Crippen molar-refractivity contribution in [3.05, 3.63) is 0 Å². The van der Waals surface area contributed by atoms with Gasteiger partial charge in [0.2, 0.25) is 5.52 Å².